The monoisotopic (exact) mass is 602 g/mol. The summed E-state index contributed by atoms with van der Waals surface area (Å²) >= 11 is 3.63. The summed E-state index contributed by atoms with van der Waals surface area (Å²) < 4.78 is 20.5. The van der Waals surface area contributed by atoms with E-state index in [-0.39, 0.29) is 36.8 Å². The van der Waals surface area contributed by atoms with Gasteiger partial charge in [0.15, 0.2) is 6.61 Å². The molecule has 1 saturated carbocycles. The second kappa shape index (κ2) is 13.1. The van der Waals surface area contributed by atoms with E-state index in [1.165, 1.54) is 12.1 Å². The van der Waals surface area contributed by atoms with Crippen LogP contribution in [0.3, 0.4) is 0 Å². The van der Waals surface area contributed by atoms with E-state index < -0.39 is 6.04 Å². The van der Waals surface area contributed by atoms with E-state index in [4.69, 9.17) is 4.74 Å². The second-order valence-electron chi connectivity index (χ2n) is 10.2. The summed E-state index contributed by atoms with van der Waals surface area (Å²) in [5.74, 6) is -0.320. The minimum Gasteiger partial charge on any atom is -0.483 e. The van der Waals surface area contributed by atoms with Crippen molar-refractivity contribution in [3.63, 3.8) is 0 Å². The van der Waals surface area contributed by atoms with Gasteiger partial charge in [-0.05, 0) is 68.9 Å². The molecular formula is C33H32BrFN2O3. The molecule has 1 aliphatic rings. The van der Waals surface area contributed by atoms with Crippen LogP contribution >= 0.6 is 15.9 Å². The molecule has 4 aromatic carbocycles. The number of ether oxygens (including phenoxy) is 1. The molecule has 0 unspecified atom stereocenters. The van der Waals surface area contributed by atoms with Gasteiger partial charge in [-0.1, -0.05) is 85.6 Å². The molecule has 1 atom stereocenters. The summed E-state index contributed by atoms with van der Waals surface area (Å²) in [7, 11) is 0. The first-order valence-electron chi connectivity index (χ1n) is 13.7. The first kappa shape index (κ1) is 27.8. The normalized spacial score (nSPS) is 14.2. The maximum atomic E-state index is 13.9. The average molecular weight is 604 g/mol. The Balaban J connectivity index is 1.43. The number of hydrogen-bond acceptors (Lipinski definition) is 3. The summed E-state index contributed by atoms with van der Waals surface area (Å²) in [5, 5.41) is 5.22. The Kier molecular flexibility index (Phi) is 9.12. The summed E-state index contributed by atoms with van der Waals surface area (Å²) in [4.78, 5) is 29.2. The number of halogens is 2. The van der Waals surface area contributed by atoms with Crippen LogP contribution in [0.5, 0.6) is 5.75 Å². The molecule has 0 saturated heterocycles. The third-order valence-electron chi connectivity index (χ3n) is 7.42. The molecule has 1 fully saturated rings. The topological polar surface area (TPSA) is 58.6 Å². The highest BCUT2D eigenvalue weighted by atomic mass is 79.9. The minimum absolute atomic E-state index is 0.110. The molecule has 2 amide bonds. The van der Waals surface area contributed by atoms with Gasteiger partial charge in [0, 0.05) is 19.0 Å². The Morgan fingerprint density at radius 2 is 1.60 bits per heavy atom. The zero-order chi connectivity index (χ0) is 27.9. The number of fused-ring (bicyclic) bond motifs is 1. The summed E-state index contributed by atoms with van der Waals surface area (Å²) in [6, 6.07) is 26.7. The lowest BCUT2D eigenvalue weighted by Crippen LogP contribution is -2.53. The van der Waals surface area contributed by atoms with Crippen molar-refractivity contribution in [1.29, 1.82) is 0 Å². The van der Waals surface area contributed by atoms with E-state index in [0.717, 1.165) is 52.1 Å². The van der Waals surface area contributed by atoms with Crippen LogP contribution < -0.4 is 10.1 Å². The molecule has 0 spiro atoms. The number of nitrogens with one attached hydrogen (secondary N) is 1. The van der Waals surface area contributed by atoms with Gasteiger partial charge < -0.3 is 15.0 Å². The van der Waals surface area contributed by atoms with Gasteiger partial charge in [0.05, 0.1) is 4.47 Å². The molecule has 1 aliphatic carbocycles. The molecule has 0 radical (unpaired) electrons. The first-order valence-corrected chi connectivity index (χ1v) is 14.5. The largest absolute Gasteiger partial charge is 0.483 e. The van der Waals surface area contributed by atoms with Gasteiger partial charge in [0.1, 0.15) is 17.6 Å². The molecule has 5 nitrogen and oxygen atoms in total. The van der Waals surface area contributed by atoms with E-state index in [9.17, 15) is 14.0 Å². The molecular weight excluding hydrogens is 571 g/mol. The van der Waals surface area contributed by atoms with Gasteiger partial charge in [-0.25, -0.2) is 4.39 Å². The molecule has 0 heterocycles. The molecule has 0 bridgehead atoms. The lowest BCUT2D eigenvalue weighted by atomic mass is 10.0. The number of carbonyl (C=O) groups is 2. The van der Waals surface area contributed by atoms with Crippen LogP contribution in [0.2, 0.25) is 0 Å². The lowest BCUT2D eigenvalue weighted by molar-refractivity contribution is -0.143. The van der Waals surface area contributed by atoms with Gasteiger partial charge in [0.2, 0.25) is 5.91 Å². The van der Waals surface area contributed by atoms with E-state index >= 15 is 0 Å². The molecule has 4 aromatic rings. The van der Waals surface area contributed by atoms with Crippen molar-refractivity contribution in [1.82, 2.24) is 10.2 Å². The summed E-state index contributed by atoms with van der Waals surface area (Å²) in [6.45, 7) is -0.100. The van der Waals surface area contributed by atoms with Gasteiger partial charge >= 0.3 is 0 Å². The molecule has 206 valence electrons. The standard InChI is InChI=1S/C33H32BrFN2O3/c34-32-28-13-7-4-10-25(28)16-19-30(32)40-22-31(38)37(21-24-14-17-26(35)18-15-24)29(20-23-8-2-1-3-9-23)33(39)36-27-11-5-6-12-27/h1-4,7-10,13-19,27,29H,5-6,11-12,20-22H2,(H,36,39)/t29-/m0/s1. The molecule has 7 heteroatoms. The highest BCUT2D eigenvalue weighted by molar-refractivity contribution is 9.10. The maximum Gasteiger partial charge on any atom is 0.261 e. The highest BCUT2D eigenvalue weighted by Crippen LogP contribution is 2.33. The Morgan fingerprint density at radius 1 is 0.900 bits per heavy atom. The Bertz CT molecular complexity index is 1460. The number of carbonyl (C=O) groups excluding carboxylic acids is 2. The molecule has 0 aliphatic heterocycles. The second-order valence-corrected chi connectivity index (χ2v) is 11.0. The summed E-state index contributed by atoms with van der Waals surface area (Å²) in [5.41, 5.74) is 1.68. The smallest absolute Gasteiger partial charge is 0.261 e. The van der Waals surface area contributed by atoms with Crippen LogP contribution in [0.25, 0.3) is 10.8 Å². The van der Waals surface area contributed by atoms with Crippen molar-refractivity contribution < 1.29 is 18.7 Å². The van der Waals surface area contributed by atoms with Crippen LogP contribution in [-0.2, 0) is 22.6 Å². The highest BCUT2D eigenvalue weighted by Gasteiger charge is 2.32. The fraction of sp³-hybridized carbons (Fsp3) is 0.273. The Hall–Kier alpha value is -3.71. The number of amides is 2. The number of hydrogen-bond donors (Lipinski definition) is 1. The van der Waals surface area contributed by atoms with Crippen molar-refractivity contribution in [2.75, 3.05) is 6.61 Å². The SMILES string of the molecule is O=C(NC1CCCC1)[C@H](Cc1ccccc1)N(Cc1ccc(F)cc1)C(=O)COc1ccc2ccccc2c1Br. The van der Waals surface area contributed by atoms with E-state index in [1.807, 2.05) is 66.7 Å². The van der Waals surface area contributed by atoms with E-state index in [1.54, 1.807) is 17.0 Å². The van der Waals surface area contributed by atoms with Crippen molar-refractivity contribution in [3.8, 4) is 5.75 Å². The lowest BCUT2D eigenvalue weighted by Gasteiger charge is -2.32. The van der Waals surface area contributed by atoms with Gasteiger partial charge in [-0.2, -0.15) is 0 Å². The molecule has 40 heavy (non-hydrogen) atoms. The first-order chi connectivity index (χ1) is 19.5. The van der Waals surface area contributed by atoms with Crippen LogP contribution in [0.4, 0.5) is 4.39 Å². The predicted molar refractivity (Wildman–Crippen MR) is 158 cm³/mol. The van der Waals surface area contributed by atoms with Crippen molar-refractivity contribution in [2.45, 2.75) is 50.7 Å². The Labute approximate surface area is 242 Å². The molecule has 1 N–H and O–H groups in total. The zero-order valence-electron chi connectivity index (χ0n) is 22.2. The fourth-order valence-electron chi connectivity index (χ4n) is 5.26. The van der Waals surface area contributed by atoms with Crippen molar-refractivity contribution >= 4 is 38.5 Å². The Morgan fingerprint density at radius 3 is 2.35 bits per heavy atom. The van der Waals surface area contributed by atoms with Gasteiger partial charge in [-0.15, -0.1) is 0 Å². The number of rotatable bonds is 10. The average Bonchev–Trinajstić information content (AvgIpc) is 3.49. The van der Waals surface area contributed by atoms with Gasteiger partial charge in [-0.3, -0.25) is 9.59 Å². The van der Waals surface area contributed by atoms with Crippen molar-refractivity contribution in [3.05, 3.63) is 112 Å². The van der Waals surface area contributed by atoms with Crippen LogP contribution in [0, 0.1) is 5.82 Å². The summed E-state index contributed by atoms with van der Waals surface area (Å²) in [6.07, 6.45) is 4.40. The van der Waals surface area contributed by atoms with E-state index in [0.29, 0.717) is 12.2 Å². The third-order valence-corrected chi connectivity index (χ3v) is 8.24. The minimum atomic E-state index is -0.760. The molecule has 0 aromatic heterocycles. The fourth-order valence-corrected chi connectivity index (χ4v) is 5.86. The van der Waals surface area contributed by atoms with E-state index in [2.05, 4.69) is 21.2 Å². The third kappa shape index (κ3) is 6.89. The quantitative estimate of drug-likeness (QED) is 0.217. The zero-order valence-corrected chi connectivity index (χ0v) is 23.8. The van der Waals surface area contributed by atoms with Gasteiger partial charge in [0.25, 0.3) is 5.91 Å². The number of nitrogens with zero attached hydrogens (tertiary/aromatic N) is 1. The predicted octanol–water partition coefficient (Wildman–Crippen LogP) is 6.82. The number of benzene rings is 4. The van der Waals surface area contributed by atoms with Crippen molar-refractivity contribution in [2.24, 2.45) is 0 Å². The maximum absolute atomic E-state index is 13.9. The van der Waals surface area contributed by atoms with Crippen LogP contribution in [0.15, 0.2) is 95.5 Å². The van der Waals surface area contributed by atoms with Crippen LogP contribution in [-0.4, -0.2) is 35.4 Å². The van der Waals surface area contributed by atoms with Crippen LogP contribution in [0.1, 0.15) is 36.8 Å². The molecule has 5 rings (SSSR count).